The third-order valence-electron chi connectivity index (χ3n) is 4.62. The van der Waals surface area contributed by atoms with Crippen molar-refractivity contribution >= 4 is 23.4 Å². The zero-order chi connectivity index (χ0) is 22.7. The van der Waals surface area contributed by atoms with Crippen LogP contribution in [0.4, 0.5) is 5.69 Å². The molecular formula is C23H23N5O3S. The van der Waals surface area contributed by atoms with Crippen LogP contribution in [0.25, 0.3) is 22.9 Å². The minimum absolute atomic E-state index is 0.0867. The van der Waals surface area contributed by atoms with Gasteiger partial charge in [-0.3, -0.25) is 4.79 Å². The van der Waals surface area contributed by atoms with Gasteiger partial charge in [-0.25, -0.2) is 0 Å². The molecule has 0 aliphatic rings. The van der Waals surface area contributed by atoms with Gasteiger partial charge >= 0.3 is 0 Å². The first-order valence-corrected chi connectivity index (χ1v) is 11.0. The van der Waals surface area contributed by atoms with E-state index < -0.39 is 0 Å². The van der Waals surface area contributed by atoms with E-state index in [1.54, 1.807) is 12.1 Å². The number of rotatable bonds is 6. The maximum atomic E-state index is 11.2. The van der Waals surface area contributed by atoms with Gasteiger partial charge < -0.3 is 14.2 Å². The maximum absolute atomic E-state index is 11.2. The van der Waals surface area contributed by atoms with Crippen LogP contribution in [0.15, 0.2) is 62.6 Å². The van der Waals surface area contributed by atoms with E-state index in [9.17, 15) is 4.79 Å². The Labute approximate surface area is 189 Å². The molecule has 4 aromatic rings. The van der Waals surface area contributed by atoms with Crippen molar-refractivity contribution in [2.24, 2.45) is 0 Å². The highest BCUT2D eigenvalue weighted by Gasteiger charge is 2.16. The van der Waals surface area contributed by atoms with E-state index in [1.807, 2.05) is 24.3 Å². The van der Waals surface area contributed by atoms with E-state index in [-0.39, 0.29) is 11.3 Å². The van der Waals surface area contributed by atoms with E-state index in [1.165, 1.54) is 24.2 Å². The average molecular weight is 450 g/mol. The smallest absolute Gasteiger partial charge is 0.277 e. The van der Waals surface area contributed by atoms with Crippen molar-refractivity contribution in [3.63, 3.8) is 0 Å². The Hall–Kier alpha value is -3.46. The van der Waals surface area contributed by atoms with Gasteiger partial charge in [-0.05, 0) is 41.3 Å². The SMILES string of the molecule is CC(=O)Nc1cccc(-c2nnc(SCc3nnc(-c4ccc(C(C)(C)C)cc4)o3)o2)c1. The zero-order valence-corrected chi connectivity index (χ0v) is 19.1. The number of hydrogen-bond acceptors (Lipinski definition) is 8. The predicted octanol–water partition coefficient (Wildman–Crippen LogP) is 5.33. The van der Waals surface area contributed by atoms with Gasteiger partial charge in [0.1, 0.15) is 0 Å². The Morgan fingerprint density at radius 1 is 0.938 bits per heavy atom. The molecule has 0 radical (unpaired) electrons. The van der Waals surface area contributed by atoms with Crippen LogP contribution in [0.3, 0.4) is 0 Å². The van der Waals surface area contributed by atoms with Gasteiger partial charge in [-0.15, -0.1) is 20.4 Å². The first-order valence-electron chi connectivity index (χ1n) is 10.1. The molecule has 9 heteroatoms. The molecule has 0 aliphatic heterocycles. The molecule has 1 amide bonds. The summed E-state index contributed by atoms with van der Waals surface area (Å²) in [7, 11) is 0. The van der Waals surface area contributed by atoms with Gasteiger partial charge in [0.05, 0.1) is 5.75 Å². The molecule has 0 unspecified atom stereocenters. The highest BCUT2D eigenvalue weighted by molar-refractivity contribution is 7.98. The Morgan fingerprint density at radius 3 is 2.38 bits per heavy atom. The molecule has 0 atom stereocenters. The summed E-state index contributed by atoms with van der Waals surface area (Å²) in [5.41, 5.74) is 3.58. The first kappa shape index (κ1) is 21.8. The summed E-state index contributed by atoms with van der Waals surface area (Å²) in [5, 5.41) is 19.5. The molecule has 0 aliphatic carbocycles. The van der Waals surface area contributed by atoms with Crippen LogP contribution in [0.2, 0.25) is 0 Å². The number of amides is 1. The third kappa shape index (κ3) is 5.23. The molecule has 1 N–H and O–H groups in total. The minimum Gasteiger partial charge on any atom is -0.420 e. The number of anilines is 1. The van der Waals surface area contributed by atoms with Crippen molar-refractivity contribution in [3.05, 3.63) is 60.0 Å². The lowest BCUT2D eigenvalue weighted by Crippen LogP contribution is -2.10. The number of nitrogens with one attached hydrogen (secondary N) is 1. The minimum atomic E-state index is -0.145. The lowest BCUT2D eigenvalue weighted by molar-refractivity contribution is -0.114. The topological polar surface area (TPSA) is 107 Å². The number of carbonyl (C=O) groups excluding carboxylic acids is 1. The summed E-state index contributed by atoms with van der Waals surface area (Å²) in [4.78, 5) is 11.2. The number of aromatic nitrogens is 4. The molecule has 0 spiro atoms. The zero-order valence-electron chi connectivity index (χ0n) is 18.2. The van der Waals surface area contributed by atoms with E-state index >= 15 is 0 Å². The van der Waals surface area contributed by atoms with Crippen molar-refractivity contribution < 1.29 is 13.6 Å². The number of thioether (sulfide) groups is 1. The summed E-state index contributed by atoms with van der Waals surface area (Å²) in [6.45, 7) is 7.98. The third-order valence-corrected chi connectivity index (χ3v) is 5.42. The lowest BCUT2D eigenvalue weighted by Gasteiger charge is -2.18. The summed E-state index contributed by atoms with van der Waals surface area (Å²) in [5.74, 6) is 1.57. The average Bonchev–Trinajstić information content (AvgIpc) is 3.41. The lowest BCUT2D eigenvalue weighted by atomic mass is 9.87. The second kappa shape index (κ2) is 8.96. The Morgan fingerprint density at radius 2 is 1.66 bits per heavy atom. The predicted molar refractivity (Wildman–Crippen MR) is 122 cm³/mol. The summed E-state index contributed by atoms with van der Waals surface area (Å²) in [6.07, 6.45) is 0. The van der Waals surface area contributed by atoms with Crippen LogP contribution in [-0.4, -0.2) is 26.3 Å². The van der Waals surface area contributed by atoms with E-state index in [0.717, 1.165) is 11.1 Å². The van der Waals surface area contributed by atoms with Gasteiger partial charge in [0.15, 0.2) is 0 Å². The molecule has 0 saturated heterocycles. The monoisotopic (exact) mass is 449 g/mol. The van der Waals surface area contributed by atoms with Crippen LogP contribution in [0.5, 0.6) is 0 Å². The van der Waals surface area contributed by atoms with Gasteiger partial charge in [-0.2, -0.15) is 0 Å². The summed E-state index contributed by atoms with van der Waals surface area (Å²) >= 11 is 1.31. The van der Waals surface area contributed by atoms with Crippen molar-refractivity contribution in [1.29, 1.82) is 0 Å². The highest BCUT2D eigenvalue weighted by atomic mass is 32.2. The van der Waals surface area contributed by atoms with Crippen molar-refractivity contribution in [2.45, 2.75) is 44.1 Å². The van der Waals surface area contributed by atoms with E-state index in [4.69, 9.17) is 8.83 Å². The number of nitrogens with zero attached hydrogens (tertiary/aromatic N) is 4. The molecule has 0 bridgehead atoms. The van der Waals surface area contributed by atoms with Crippen LogP contribution in [-0.2, 0) is 16.0 Å². The standard InChI is InChI=1S/C23H23N5O3S/c1-14(29)24-18-7-5-6-16(12-18)21-27-28-22(31-21)32-13-19-25-26-20(30-19)15-8-10-17(11-9-15)23(2,3)4/h5-12H,13H2,1-4H3,(H,24,29). The van der Waals surface area contributed by atoms with Crippen LogP contribution >= 0.6 is 11.8 Å². The van der Waals surface area contributed by atoms with Gasteiger partial charge in [0.2, 0.25) is 23.6 Å². The highest BCUT2D eigenvalue weighted by Crippen LogP contribution is 2.29. The number of benzene rings is 2. The molecule has 32 heavy (non-hydrogen) atoms. The van der Waals surface area contributed by atoms with Crippen LogP contribution in [0, 0.1) is 0 Å². The fourth-order valence-electron chi connectivity index (χ4n) is 2.98. The molecule has 0 fully saturated rings. The van der Waals surface area contributed by atoms with E-state index in [2.05, 4.69) is 58.6 Å². The molecule has 0 saturated carbocycles. The Bertz CT molecular complexity index is 1220. The van der Waals surface area contributed by atoms with Crippen molar-refractivity contribution in [1.82, 2.24) is 20.4 Å². The van der Waals surface area contributed by atoms with Gasteiger partial charge in [-0.1, -0.05) is 50.7 Å². The molecule has 2 aromatic carbocycles. The maximum Gasteiger partial charge on any atom is 0.277 e. The number of hydrogen-bond donors (Lipinski definition) is 1. The molecule has 2 heterocycles. The van der Waals surface area contributed by atoms with Gasteiger partial charge in [0, 0.05) is 23.7 Å². The van der Waals surface area contributed by atoms with Gasteiger partial charge in [0.25, 0.3) is 5.22 Å². The first-order chi connectivity index (χ1) is 15.3. The molecular weight excluding hydrogens is 426 g/mol. The van der Waals surface area contributed by atoms with Crippen molar-refractivity contribution in [3.8, 4) is 22.9 Å². The molecule has 8 nitrogen and oxygen atoms in total. The fraction of sp³-hybridized carbons (Fsp3) is 0.261. The van der Waals surface area contributed by atoms with Crippen LogP contribution in [0.1, 0.15) is 39.1 Å². The second-order valence-electron chi connectivity index (χ2n) is 8.25. The Kier molecular flexibility index (Phi) is 6.09. The van der Waals surface area contributed by atoms with Crippen LogP contribution < -0.4 is 5.32 Å². The fourth-order valence-corrected chi connectivity index (χ4v) is 3.58. The molecule has 4 rings (SSSR count). The largest absolute Gasteiger partial charge is 0.420 e. The second-order valence-corrected chi connectivity index (χ2v) is 9.18. The summed E-state index contributed by atoms with van der Waals surface area (Å²) < 4.78 is 11.5. The number of carbonyl (C=O) groups is 1. The quantitative estimate of drug-likeness (QED) is 0.393. The van der Waals surface area contributed by atoms with Crippen molar-refractivity contribution in [2.75, 3.05) is 5.32 Å². The van der Waals surface area contributed by atoms with E-state index in [0.29, 0.717) is 34.3 Å². The molecule has 164 valence electrons. The summed E-state index contributed by atoms with van der Waals surface area (Å²) in [6, 6.07) is 15.4. The molecule has 2 aromatic heterocycles. The normalized spacial score (nSPS) is 11.5. The Balaban J connectivity index is 1.40.